The molecule has 0 aliphatic heterocycles. The summed E-state index contributed by atoms with van der Waals surface area (Å²) in [5.74, 6) is 1.24. The second kappa shape index (κ2) is 32.3. The van der Waals surface area contributed by atoms with E-state index >= 15 is 9.59 Å². The maximum Gasteiger partial charge on any atom is 0.245 e. The number of carbonyl (C=O) groups is 4. The number of nitrogens with zero attached hydrogens (tertiary/aromatic N) is 3. The number of Topliss-reactive ketones (excluding diaryl/α,β-unsaturated/α-hetero) is 1. The summed E-state index contributed by atoms with van der Waals surface area (Å²) in [6.45, 7) is 15.0. The van der Waals surface area contributed by atoms with Gasteiger partial charge in [0.2, 0.25) is 17.7 Å². The molecule has 0 bridgehead atoms. The van der Waals surface area contributed by atoms with Crippen molar-refractivity contribution < 1.29 is 28.3 Å². The zero-order valence-corrected chi connectivity index (χ0v) is 48.4. The second-order valence-electron chi connectivity index (χ2n) is 21.2. The Balaban J connectivity index is 1.97. The molecule has 0 radical (unpaired) electrons. The zero-order valence-electron chi connectivity index (χ0n) is 44.8. The number of thiol groups is 4. The maximum atomic E-state index is 15.4. The molecule has 1 aromatic heterocycles. The standard InChI is InChI=1S/C57H90N4O6S4/c1-38(2)30-50(58-8)55(63)60(10)52(32-40(4)20-23-43(7)69)57(65)61(11)53(33-41(5)21-28-48(70)34-45-24-26-46(27-25-45)67-37-47-18-15-29-66-47)56(64)59(9)51(31-39(3)19-22-42(6)68)54(62)36-49(71)35-44-16-13-12-14-17-44/h12-18,24-27,29,38-43,48-53,58,68-71H,19-23,28,30-37H2,1-11H3/t39?,40?,41?,42?,43?,48?,49?,50-,51-,52-,53-/m0/s1. The van der Waals surface area contributed by atoms with Gasteiger partial charge in [0, 0.05) is 38.1 Å². The van der Waals surface area contributed by atoms with Crippen LogP contribution in [0.4, 0.5) is 0 Å². The van der Waals surface area contributed by atoms with Crippen LogP contribution in [0.5, 0.6) is 5.75 Å². The Bertz CT molecular complexity index is 1990. The van der Waals surface area contributed by atoms with Crippen molar-refractivity contribution in [1.29, 1.82) is 0 Å². The van der Waals surface area contributed by atoms with Crippen LogP contribution in [-0.4, -0.2) is 112 Å². The summed E-state index contributed by atoms with van der Waals surface area (Å²) in [6.07, 6.45) is 10.1. The molecular formula is C57H90N4O6S4. The number of benzene rings is 2. The van der Waals surface area contributed by atoms with Crippen LogP contribution < -0.4 is 10.1 Å². The van der Waals surface area contributed by atoms with Gasteiger partial charge in [0.1, 0.15) is 30.2 Å². The van der Waals surface area contributed by atoms with Gasteiger partial charge in [-0.1, -0.05) is 90.9 Å². The third-order valence-corrected chi connectivity index (χ3v) is 15.2. The molecule has 0 aliphatic carbocycles. The summed E-state index contributed by atoms with van der Waals surface area (Å²) in [4.78, 5) is 64.4. The number of rotatable bonds is 34. The van der Waals surface area contributed by atoms with Gasteiger partial charge in [0.25, 0.3) is 0 Å². The van der Waals surface area contributed by atoms with E-state index in [9.17, 15) is 9.59 Å². The van der Waals surface area contributed by atoms with Crippen LogP contribution in [-0.2, 0) is 38.6 Å². The van der Waals surface area contributed by atoms with Crippen molar-refractivity contribution in [3.8, 4) is 5.75 Å². The summed E-state index contributed by atoms with van der Waals surface area (Å²) in [6, 6.07) is 18.9. The minimum atomic E-state index is -0.900. The van der Waals surface area contributed by atoms with Crippen molar-refractivity contribution in [3.05, 3.63) is 89.9 Å². The molecule has 2 aromatic carbocycles. The van der Waals surface area contributed by atoms with Crippen LogP contribution in [0.1, 0.15) is 136 Å². The van der Waals surface area contributed by atoms with Crippen molar-refractivity contribution in [2.45, 2.75) is 184 Å². The highest BCUT2D eigenvalue weighted by molar-refractivity contribution is 7.81. The Hall–Kier alpha value is -3.04. The van der Waals surface area contributed by atoms with Crippen LogP contribution in [0.3, 0.4) is 0 Å². The molecule has 0 saturated carbocycles. The monoisotopic (exact) mass is 1050 g/mol. The highest BCUT2D eigenvalue weighted by atomic mass is 32.1. The molecule has 7 unspecified atom stereocenters. The number of ether oxygens (including phenoxy) is 1. The third-order valence-electron chi connectivity index (χ3n) is 13.9. The number of likely N-dealkylation sites (N-methyl/N-ethyl adjacent to an activating group) is 4. The molecule has 0 spiro atoms. The smallest absolute Gasteiger partial charge is 0.245 e. The SMILES string of the molecule is CN[C@@H](CC(C)C)C(=O)N(C)[C@@H](CC(C)CCC(C)S)C(=O)N(C)[C@@H](CC(C)CCC(S)Cc1ccc(OCc2ccco2)cc1)C(=O)N(C)[C@@H](CC(C)CCC(C)S)C(=O)CC(S)Cc1ccccc1. The average molecular weight is 1060 g/mol. The molecule has 11 atom stereocenters. The predicted octanol–water partition coefficient (Wildman–Crippen LogP) is 11.4. The fourth-order valence-electron chi connectivity index (χ4n) is 9.34. The van der Waals surface area contributed by atoms with Gasteiger partial charge < -0.3 is 29.2 Å². The number of furan rings is 1. The lowest BCUT2D eigenvalue weighted by Gasteiger charge is -2.40. The highest BCUT2D eigenvalue weighted by Crippen LogP contribution is 2.29. The van der Waals surface area contributed by atoms with Gasteiger partial charge in [-0.2, -0.15) is 50.5 Å². The average Bonchev–Trinajstić information content (AvgIpc) is 3.86. The first-order valence-corrected chi connectivity index (χ1v) is 28.2. The summed E-state index contributed by atoms with van der Waals surface area (Å²) in [5, 5.41) is 3.41. The zero-order chi connectivity index (χ0) is 52.8. The molecule has 0 aliphatic rings. The summed E-state index contributed by atoms with van der Waals surface area (Å²) >= 11 is 19.2. The van der Waals surface area contributed by atoms with E-state index in [1.165, 1.54) is 0 Å². The fourth-order valence-corrected chi connectivity index (χ4v) is 10.4. The first-order valence-electron chi connectivity index (χ1n) is 26.1. The van der Waals surface area contributed by atoms with Crippen molar-refractivity contribution in [3.63, 3.8) is 0 Å². The van der Waals surface area contributed by atoms with Gasteiger partial charge >= 0.3 is 0 Å². The molecule has 3 rings (SSSR count). The number of carbonyl (C=O) groups excluding carboxylic acids is 4. The Morgan fingerprint density at radius 3 is 1.54 bits per heavy atom. The Kier molecular flexibility index (Phi) is 28.3. The predicted molar refractivity (Wildman–Crippen MR) is 306 cm³/mol. The molecule has 0 fully saturated rings. The Labute approximate surface area is 451 Å². The van der Waals surface area contributed by atoms with E-state index in [0.717, 1.165) is 67.6 Å². The van der Waals surface area contributed by atoms with Gasteiger partial charge in [-0.3, -0.25) is 19.2 Å². The Morgan fingerprint density at radius 2 is 1.04 bits per heavy atom. The molecule has 1 N–H and O–H groups in total. The number of amides is 3. The summed E-state index contributed by atoms with van der Waals surface area (Å²) in [7, 11) is 6.95. The van der Waals surface area contributed by atoms with Crippen LogP contribution >= 0.6 is 50.5 Å². The lowest BCUT2D eigenvalue weighted by Crippen LogP contribution is -2.58. The molecular weight excluding hydrogens is 965 g/mol. The van der Waals surface area contributed by atoms with Gasteiger partial charge in [-0.15, -0.1) is 0 Å². The van der Waals surface area contributed by atoms with E-state index in [0.29, 0.717) is 38.7 Å². The lowest BCUT2D eigenvalue weighted by molar-refractivity contribution is -0.153. The summed E-state index contributed by atoms with van der Waals surface area (Å²) in [5.41, 5.74) is 2.23. The molecule has 398 valence electrons. The van der Waals surface area contributed by atoms with Crippen LogP contribution in [0.15, 0.2) is 77.4 Å². The van der Waals surface area contributed by atoms with Crippen molar-refractivity contribution >= 4 is 74.0 Å². The van der Waals surface area contributed by atoms with Gasteiger partial charge in [0.05, 0.1) is 18.3 Å². The third kappa shape index (κ3) is 22.5. The van der Waals surface area contributed by atoms with E-state index in [2.05, 4.69) is 91.2 Å². The first kappa shape index (κ1) is 62.3. The number of hydrogen-bond donors (Lipinski definition) is 5. The van der Waals surface area contributed by atoms with Crippen molar-refractivity contribution in [1.82, 2.24) is 20.0 Å². The molecule has 3 aromatic rings. The van der Waals surface area contributed by atoms with Crippen molar-refractivity contribution in [2.24, 2.45) is 23.7 Å². The second-order valence-corrected chi connectivity index (χ2v) is 24.4. The first-order chi connectivity index (χ1) is 33.6. The van der Waals surface area contributed by atoms with Crippen LogP contribution in [0.25, 0.3) is 0 Å². The molecule has 14 heteroatoms. The molecule has 3 amide bonds. The molecule has 10 nitrogen and oxygen atoms in total. The maximum absolute atomic E-state index is 15.4. The topological polar surface area (TPSA) is 112 Å². The van der Waals surface area contributed by atoms with Crippen molar-refractivity contribution in [2.75, 3.05) is 28.2 Å². The van der Waals surface area contributed by atoms with Gasteiger partial charge in [0.15, 0.2) is 5.78 Å². The molecule has 0 saturated heterocycles. The van der Waals surface area contributed by atoms with Gasteiger partial charge in [-0.05, 0) is 154 Å². The summed E-state index contributed by atoms with van der Waals surface area (Å²) < 4.78 is 11.3. The number of hydrogen-bond acceptors (Lipinski definition) is 11. The normalized spacial score (nSPS) is 16.4. The van der Waals surface area contributed by atoms with Gasteiger partial charge in [-0.25, -0.2) is 0 Å². The van der Waals surface area contributed by atoms with Crippen LogP contribution in [0, 0.1) is 23.7 Å². The number of ketones is 1. The largest absolute Gasteiger partial charge is 0.486 e. The lowest BCUT2D eigenvalue weighted by atomic mass is 9.89. The van der Waals surface area contributed by atoms with Crippen LogP contribution in [0.2, 0.25) is 0 Å². The van der Waals surface area contributed by atoms with E-state index < -0.39 is 24.2 Å². The molecule has 1 heterocycles. The van der Waals surface area contributed by atoms with E-state index in [1.807, 2.05) is 54.6 Å². The van der Waals surface area contributed by atoms with E-state index in [4.69, 9.17) is 34.4 Å². The van der Waals surface area contributed by atoms with E-state index in [1.54, 1.807) is 49.2 Å². The quantitative estimate of drug-likeness (QED) is 0.0379. The minimum Gasteiger partial charge on any atom is -0.486 e. The van der Waals surface area contributed by atoms with E-state index in [-0.39, 0.29) is 74.6 Å². The Morgan fingerprint density at radius 1 is 0.563 bits per heavy atom. The minimum absolute atomic E-state index is 0.00518. The fraction of sp³-hybridized carbons (Fsp3) is 0.649. The number of nitrogens with one attached hydrogen (secondary N) is 1. The highest BCUT2D eigenvalue weighted by Gasteiger charge is 2.40. The molecule has 71 heavy (non-hydrogen) atoms.